The summed E-state index contributed by atoms with van der Waals surface area (Å²) in [5, 5.41) is 5.09. The fourth-order valence-electron chi connectivity index (χ4n) is 1.78. The second kappa shape index (κ2) is 5.93. The summed E-state index contributed by atoms with van der Waals surface area (Å²) in [5.74, 6) is 0. The highest BCUT2D eigenvalue weighted by molar-refractivity contribution is 9.11. The lowest BCUT2D eigenvalue weighted by Crippen LogP contribution is -2.17. The first kappa shape index (κ1) is 17.4. The fraction of sp³-hybridized carbons (Fsp3) is 0. The quantitative estimate of drug-likeness (QED) is 0.668. The number of anilines is 1. The smallest absolute Gasteiger partial charge is 0.239 e. The molecule has 2 aromatic carbocycles. The van der Waals surface area contributed by atoms with Crippen molar-refractivity contribution < 1.29 is 16.8 Å². The van der Waals surface area contributed by atoms with Gasteiger partial charge in [-0.15, -0.1) is 0 Å². The summed E-state index contributed by atoms with van der Waals surface area (Å²) in [5.41, 5.74) is 6.02. The molecule has 0 aliphatic rings. The Hall–Kier alpha value is -0.940. The molecule has 2 rings (SSSR count). The normalized spacial score (nSPS) is 12.3. The number of hydrogen-bond acceptors (Lipinski definition) is 5. The van der Waals surface area contributed by atoms with E-state index in [1.807, 2.05) is 0 Å². The van der Waals surface area contributed by atoms with Crippen molar-refractivity contribution in [2.45, 2.75) is 14.7 Å². The van der Waals surface area contributed by atoms with Crippen molar-refractivity contribution in [1.82, 2.24) is 0 Å². The number of sulfone groups is 1. The molecule has 2 aromatic rings. The maximum atomic E-state index is 12.8. The minimum Gasteiger partial charge on any atom is -0.398 e. The molecule has 0 bridgehead atoms. The van der Waals surface area contributed by atoms with Crippen molar-refractivity contribution in [2.75, 3.05) is 5.73 Å². The largest absolute Gasteiger partial charge is 0.398 e. The number of hydrogen-bond donors (Lipinski definition) is 2. The highest BCUT2D eigenvalue weighted by atomic mass is 79.9. The van der Waals surface area contributed by atoms with Crippen molar-refractivity contribution in [1.29, 1.82) is 0 Å². The number of halogens is 2. The van der Waals surface area contributed by atoms with E-state index in [0.29, 0.717) is 10.2 Å². The van der Waals surface area contributed by atoms with E-state index in [0.717, 1.165) is 6.07 Å². The average molecular weight is 470 g/mol. The first-order valence-corrected chi connectivity index (χ1v) is 10.3. The topological polar surface area (TPSA) is 120 Å². The zero-order chi connectivity index (χ0) is 16.7. The van der Waals surface area contributed by atoms with Gasteiger partial charge in [-0.05, 0) is 56.1 Å². The lowest BCUT2D eigenvalue weighted by atomic mass is 10.3. The lowest BCUT2D eigenvalue weighted by Gasteiger charge is -2.11. The molecule has 0 spiro atoms. The van der Waals surface area contributed by atoms with Gasteiger partial charge in [0, 0.05) is 14.6 Å². The molecule has 22 heavy (non-hydrogen) atoms. The van der Waals surface area contributed by atoms with E-state index in [1.165, 1.54) is 30.3 Å². The van der Waals surface area contributed by atoms with Crippen LogP contribution < -0.4 is 10.9 Å². The van der Waals surface area contributed by atoms with Gasteiger partial charge in [0.1, 0.15) is 4.90 Å². The Bertz CT molecular complexity index is 957. The third-order valence-electron chi connectivity index (χ3n) is 2.79. The predicted octanol–water partition coefficient (Wildman–Crippen LogP) is 2.27. The van der Waals surface area contributed by atoms with Crippen molar-refractivity contribution in [3.8, 4) is 0 Å². The number of primary sulfonamides is 1. The minimum atomic E-state index is -4.19. The third kappa shape index (κ3) is 3.20. The Morgan fingerprint density at radius 3 is 1.91 bits per heavy atom. The van der Waals surface area contributed by atoms with Gasteiger partial charge in [0.15, 0.2) is 0 Å². The van der Waals surface area contributed by atoms with Crippen LogP contribution in [0.1, 0.15) is 0 Å². The molecular weight excluding hydrogens is 460 g/mol. The third-order valence-corrected chi connectivity index (χ3v) is 7.34. The van der Waals surface area contributed by atoms with Crippen LogP contribution in [0.4, 0.5) is 5.69 Å². The van der Waals surface area contributed by atoms with Crippen LogP contribution in [0.15, 0.2) is 60.0 Å². The van der Waals surface area contributed by atoms with Gasteiger partial charge in [-0.2, -0.15) is 0 Å². The highest BCUT2D eigenvalue weighted by Gasteiger charge is 2.28. The Balaban J connectivity index is 2.81. The lowest BCUT2D eigenvalue weighted by molar-refractivity contribution is 0.583. The Morgan fingerprint density at radius 1 is 0.818 bits per heavy atom. The van der Waals surface area contributed by atoms with Crippen molar-refractivity contribution in [3.05, 3.63) is 45.3 Å². The molecule has 0 saturated carbocycles. The summed E-state index contributed by atoms with van der Waals surface area (Å²) in [6.45, 7) is 0. The number of nitrogen functional groups attached to an aromatic ring is 1. The van der Waals surface area contributed by atoms with E-state index >= 15 is 0 Å². The molecule has 0 atom stereocenters. The number of nitrogens with two attached hydrogens (primary N) is 2. The van der Waals surface area contributed by atoms with E-state index in [1.54, 1.807) is 0 Å². The van der Waals surface area contributed by atoms with Gasteiger partial charge in [-0.3, -0.25) is 0 Å². The van der Waals surface area contributed by atoms with Crippen LogP contribution in [-0.2, 0) is 19.9 Å². The predicted molar refractivity (Wildman–Crippen MR) is 89.5 cm³/mol. The molecule has 0 unspecified atom stereocenters. The van der Waals surface area contributed by atoms with Gasteiger partial charge in [-0.25, -0.2) is 22.0 Å². The van der Waals surface area contributed by atoms with Gasteiger partial charge in [-0.1, -0.05) is 12.1 Å². The number of benzene rings is 2. The van der Waals surface area contributed by atoms with E-state index in [9.17, 15) is 16.8 Å². The maximum absolute atomic E-state index is 12.8. The maximum Gasteiger partial charge on any atom is 0.239 e. The Kier molecular flexibility index (Phi) is 4.69. The first-order chi connectivity index (χ1) is 10.0. The van der Waals surface area contributed by atoms with Crippen LogP contribution in [0.25, 0.3) is 0 Å². The van der Waals surface area contributed by atoms with Gasteiger partial charge in [0.05, 0.1) is 9.79 Å². The molecule has 0 amide bonds. The van der Waals surface area contributed by atoms with E-state index in [2.05, 4.69) is 31.9 Å². The molecule has 0 aliphatic carbocycles. The van der Waals surface area contributed by atoms with Gasteiger partial charge >= 0.3 is 0 Å². The summed E-state index contributed by atoms with van der Waals surface area (Å²) in [4.78, 5) is -0.977. The first-order valence-electron chi connectivity index (χ1n) is 5.66. The van der Waals surface area contributed by atoms with Gasteiger partial charge in [0.25, 0.3) is 0 Å². The summed E-state index contributed by atoms with van der Waals surface area (Å²) in [6.07, 6.45) is 0. The van der Waals surface area contributed by atoms with Crippen molar-refractivity contribution >= 4 is 57.4 Å². The molecule has 0 heterocycles. The summed E-state index contributed by atoms with van der Waals surface area (Å²) < 4.78 is 49.4. The molecule has 0 radical (unpaired) electrons. The van der Waals surface area contributed by atoms with E-state index in [-0.39, 0.29) is 9.37 Å². The number of rotatable bonds is 3. The summed E-state index contributed by atoms with van der Waals surface area (Å²) >= 11 is 6.28. The average Bonchev–Trinajstić information content (AvgIpc) is 2.41. The highest BCUT2D eigenvalue weighted by Crippen LogP contribution is 2.35. The van der Waals surface area contributed by atoms with Gasteiger partial charge in [0.2, 0.25) is 19.9 Å². The van der Waals surface area contributed by atoms with Crippen LogP contribution in [0.2, 0.25) is 0 Å². The number of sulfonamides is 1. The standard InChI is InChI=1S/C12H10Br2N2O4S2/c13-7-6-12(8(14)5-9(7)15)21(17,18)10-3-1-2-4-11(10)22(16,19)20/h1-6H,15H2,(H2,16,19,20). The Labute approximate surface area is 144 Å². The summed E-state index contributed by atoms with van der Waals surface area (Å²) in [6, 6.07) is 7.86. The molecule has 0 saturated heterocycles. The van der Waals surface area contributed by atoms with E-state index in [4.69, 9.17) is 10.9 Å². The molecule has 0 aromatic heterocycles. The second-order valence-electron chi connectivity index (χ2n) is 4.30. The van der Waals surface area contributed by atoms with Crippen molar-refractivity contribution in [2.24, 2.45) is 5.14 Å². The zero-order valence-electron chi connectivity index (χ0n) is 10.8. The molecule has 10 heteroatoms. The molecule has 4 N–H and O–H groups in total. The van der Waals surface area contributed by atoms with E-state index < -0.39 is 29.7 Å². The van der Waals surface area contributed by atoms with Crippen LogP contribution in [0, 0.1) is 0 Å². The molecular formula is C12H10Br2N2O4S2. The van der Waals surface area contributed by atoms with Crippen LogP contribution >= 0.6 is 31.9 Å². The second-order valence-corrected chi connectivity index (χ2v) is 9.42. The van der Waals surface area contributed by atoms with Gasteiger partial charge < -0.3 is 5.73 Å². The molecule has 0 fully saturated rings. The molecule has 118 valence electrons. The van der Waals surface area contributed by atoms with Crippen molar-refractivity contribution in [3.63, 3.8) is 0 Å². The minimum absolute atomic E-state index is 0.121. The Morgan fingerprint density at radius 2 is 1.36 bits per heavy atom. The summed E-state index contributed by atoms with van der Waals surface area (Å²) in [7, 11) is -8.30. The molecule has 6 nitrogen and oxygen atoms in total. The van der Waals surface area contributed by atoms with Crippen LogP contribution in [0.5, 0.6) is 0 Å². The van der Waals surface area contributed by atoms with Crippen LogP contribution in [0.3, 0.4) is 0 Å². The fourth-order valence-corrected chi connectivity index (χ4v) is 5.98. The van der Waals surface area contributed by atoms with Crippen LogP contribution in [-0.4, -0.2) is 16.8 Å². The SMILES string of the molecule is Nc1cc(Br)c(S(=O)(=O)c2ccccc2S(N)(=O)=O)cc1Br. The zero-order valence-corrected chi connectivity index (χ0v) is 15.6. The monoisotopic (exact) mass is 468 g/mol. The molecule has 0 aliphatic heterocycles.